The molecule has 7 nitrogen and oxygen atoms in total. The predicted molar refractivity (Wildman–Crippen MR) is 129 cm³/mol. The molecule has 0 unspecified atom stereocenters. The standard InChI is InChI=1S/C26H25N5O2/c32-25(28-13-5-14-30-15-11-19-6-1-2-8-24(19)30)20-9-10-22-23(16-20)29-18-31(26(22)33)17-21-7-3-4-12-27-21/h1-4,6-10,12,16,18H,5,11,13-15,17H2,(H,28,32). The van der Waals surface area contributed by atoms with Gasteiger partial charge in [0.25, 0.3) is 11.5 Å². The minimum absolute atomic E-state index is 0.150. The van der Waals surface area contributed by atoms with Crippen molar-refractivity contribution in [3.05, 3.63) is 100 Å². The van der Waals surface area contributed by atoms with Crippen LogP contribution in [0.3, 0.4) is 0 Å². The number of carbonyl (C=O) groups is 1. The first-order valence-electron chi connectivity index (χ1n) is 11.2. The number of nitrogens with zero attached hydrogens (tertiary/aromatic N) is 4. The number of nitrogens with one attached hydrogen (secondary N) is 1. The first-order valence-corrected chi connectivity index (χ1v) is 11.2. The Hall–Kier alpha value is -4.00. The van der Waals surface area contributed by atoms with Crippen LogP contribution >= 0.6 is 0 Å². The van der Waals surface area contributed by atoms with Crippen molar-refractivity contribution in [1.82, 2.24) is 19.9 Å². The topological polar surface area (TPSA) is 80.1 Å². The van der Waals surface area contributed by atoms with Gasteiger partial charge in [0, 0.05) is 37.1 Å². The highest BCUT2D eigenvalue weighted by atomic mass is 16.1. The van der Waals surface area contributed by atoms with Crippen LogP contribution in [0.5, 0.6) is 0 Å². The molecule has 1 N–H and O–H groups in total. The summed E-state index contributed by atoms with van der Waals surface area (Å²) in [5, 5.41) is 3.47. The molecule has 5 rings (SSSR count). The Morgan fingerprint density at radius 2 is 1.91 bits per heavy atom. The van der Waals surface area contributed by atoms with Gasteiger partial charge >= 0.3 is 0 Å². The molecule has 166 valence electrons. The third-order valence-corrected chi connectivity index (χ3v) is 6.02. The van der Waals surface area contributed by atoms with Crippen molar-refractivity contribution in [3.8, 4) is 0 Å². The zero-order valence-corrected chi connectivity index (χ0v) is 18.3. The van der Waals surface area contributed by atoms with Gasteiger partial charge in [-0.3, -0.25) is 19.1 Å². The van der Waals surface area contributed by atoms with Gasteiger partial charge in [0.1, 0.15) is 0 Å². The van der Waals surface area contributed by atoms with E-state index in [1.165, 1.54) is 22.1 Å². The van der Waals surface area contributed by atoms with Crippen LogP contribution < -0.4 is 15.8 Å². The number of pyridine rings is 1. The molecule has 1 aliphatic rings. The van der Waals surface area contributed by atoms with Crippen LogP contribution in [0.4, 0.5) is 5.69 Å². The number of benzene rings is 2. The second-order valence-electron chi connectivity index (χ2n) is 8.21. The maximum Gasteiger partial charge on any atom is 0.261 e. The lowest BCUT2D eigenvalue weighted by atomic mass is 10.1. The third kappa shape index (κ3) is 4.48. The number of carbonyl (C=O) groups excluding carboxylic acids is 1. The van der Waals surface area contributed by atoms with Gasteiger partial charge in [-0.1, -0.05) is 24.3 Å². The van der Waals surface area contributed by atoms with E-state index in [0.29, 0.717) is 29.6 Å². The third-order valence-electron chi connectivity index (χ3n) is 6.02. The summed E-state index contributed by atoms with van der Waals surface area (Å²) < 4.78 is 1.53. The van der Waals surface area contributed by atoms with Crippen molar-refractivity contribution in [2.24, 2.45) is 0 Å². The molecule has 0 radical (unpaired) electrons. The lowest BCUT2D eigenvalue weighted by Crippen LogP contribution is -2.29. The van der Waals surface area contributed by atoms with E-state index in [-0.39, 0.29) is 11.5 Å². The molecule has 0 spiro atoms. The molecular formula is C26H25N5O2. The summed E-state index contributed by atoms with van der Waals surface area (Å²) in [6.45, 7) is 2.88. The summed E-state index contributed by atoms with van der Waals surface area (Å²) in [4.78, 5) is 36.5. The number of para-hydroxylation sites is 1. The highest BCUT2D eigenvalue weighted by Gasteiger charge is 2.17. The zero-order valence-electron chi connectivity index (χ0n) is 18.3. The molecule has 0 fully saturated rings. The molecule has 0 aliphatic carbocycles. The van der Waals surface area contributed by atoms with Gasteiger partial charge in [-0.2, -0.15) is 0 Å². The Morgan fingerprint density at radius 3 is 2.79 bits per heavy atom. The first kappa shape index (κ1) is 20.9. The monoisotopic (exact) mass is 439 g/mol. The molecule has 1 amide bonds. The molecule has 0 bridgehead atoms. The van der Waals surface area contributed by atoms with Crippen LogP contribution in [-0.4, -0.2) is 40.1 Å². The molecule has 0 saturated carbocycles. The van der Waals surface area contributed by atoms with Crippen molar-refractivity contribution in [3.63, 3.8) is 0 Å². The SMILES string of the molecule is O=C(NCCCN1CCc2ccccc21)c1ccc2c(=O)n(Cc3ccccn3)cnc2c1. The van der Waals surface area contributed by atoms with E-state index in [1.807, 2.05) is 18.2 Å². The lowest BCUT2D eigenvalue weighted by molar-refractivity contribution is 0.0953. The molecule has 2 aromatic heterocycles. The summed E-state index contributed by atoms with van der Waals surface area (Å²) in [6.07, 6.45) is 5.15. The Bertz CT molecular complexity index is 1350. The molecule has 0 atom stereocenters. The van der Waals surface area contributed by atoms with Crippen molar-refractivity contribution in [2.75, 3.05) is 24.5 Å². The fourth-order valence-corrected chi connectivity index (χ4v) is 4.29. The van der Waals surface area contributed by atoms with Crippen LogP contribution in [0.1, 0.15) is 28.0 Å². The second-order valence-corrected chi connectivity index (χ2v) is 8.21. The van der Waals surface area contributed by atoms with Gasteiger partial charge in [-0.25, -0.2) is 4.98 Å². The van der Waals surface area contributed by atoms with Crippen LogP contribution in [0, 0.1) is 0 Å². The minimum atomic E-state index is -0.154. The van der Waals surface area contributed by atoms with E-state index in [1.54, 1.807) is 24.4 Å². The smallest absolute Gasteiger partial charge is 0.261 e. The van der Waals surface area contributed by atoms with Crippen LogP contribution in [-0.2, 0) is 13.0 Å². The van der Waals surface area contributed by atoms with Crippen LogP contribution in [0.25, 0.3) is 10.9 Å². The predicted octanol–water partition coefficient (Wildman–Crippen LogP) is 3.02. The molecule has 0 saturated heterocycles. The molecule has 7 heteroatoms. The number of fused-ring (bicyclic) bond motifs is 2. The molecular weight excluding hydrogens is 414 g/mol. The molecule has 4 aromatic rings. The maximum atomic E-state index is 12.8. The van der Waals surface area contributed by atoms with Crippen molar-refractivity contribution < 1.29 is 4.79 Å². The lowest BCUT2D eigenvalue weighted by Gasteiger charge is -2.19. The number of amides is 1. The van der Waals surface area contributed by atoms with E-state index < -0.39 is 0 Å². The normalized spacial score (nSPS) is 12.7. The Balaban J connectivity index is 1.20. The van der Waals surface area contributed by atoms with Gasteiger partial charge in [-0.15, -0.1) is 0 Å². The number of hydrogen-bond acceptors (Lipinski definition) is 5. The number of aromatic nitrogens is 3. The molecule has 2 aromatic carbocycles. The van der Waals surface area contributed by atoms with Crippen LogP contribution in [0.2, 0.25) is 0 Å². The van der Waals surface area contributed by atoms with Crippen molar-refractivity contribution >= 4 is 22.5 Å². The zero-order chi connectivity index (χ0) is 22.6. The fraction of sp³-hybridized carbons (Fsp3) is 0.231. The molecule has 33 heavy (non-hydrogen) atoms. The van der Waals surface area contributed by atoms with Crippen molar-refractivity contribution in [1.29, 1.82) is 0 Å². The minimum Gasteiger partial charge on any atom is -0.371 e. The van der Waals surface area contributed by atoms with E-state index in [2.05, 4.69) is 44.5 Å². The Kier molecular flexibility index (Phi) is 5.85. The first-order chi connectivity index (χ1) is 16.2. The van der Waals surface area contributed by atoms with Crippen molar-refractivity contribution in [2.45, 2.75) is 19.4 Å². The second kappa shape index (κ2) is 9.24. The number of rotatable bonds is 7. The van der Waals surface area contributed by atoms with Gasteiger partial charge in [-0.05, 0) is 54.8 Å². The highest BCUT2D eigenvalue weighted by molar-refractivity contribution is 5.97. The van der Waals surface area contributed by atoms with E-state index >= 15 is 0 Å². The van der Waals surface area contributed by atoms with E-state index in [0.717, 1.165) is 31.6 Å². The van der Waals surface area contributed by atoms with E-state index in [9.17, 15) is 9.59 Å². The van der Waals surface area contributed by atoms with Gasteiger partial charge < -0.3 is 10.2 Å². The summed E-state index contributed by atoms with van der Waals surface area (Å²) >= 11 is 0. The number of anilines is 1. The fourth-order valence-electron chi connectivity index (χ4n) is 4.29. The average molecular weight is 440 g/mol. The van der Waals surface area contributed by atoms with Gasteiger partial charge in [0.15, 0.2) is 0 Å². The summed E-state index contributed by atoms with van der Waals surface area (Å²) in [7, 11) is 0. The largest absolute Gasteiger partial charge is 0.371 e. The molecule has 3 heterocycles. The van der Waals surface area contributed by atoms with Gasteiger partial charge in [0.05, 0.1) is 29.5 Å². The summed E-state index contributed by atoms with van der Waals surface area (Å²) in [5.41, 5.74) is 4.35. The Labute approximate surface area is 191 Å². The summed E-state index contributed by atoms with van der Waals surface area (Å²) in [6, 6.07) is 19.1. The summed E-state index contributed by atoms with van der Waals surface area (Å²) in [5.74, 6) is -0.154. The highest BCUT2D eigenvalue weighted by Crippen LogP contribution is 2.27. The van der Waals surface area contributed by atoms with Crippen LogP contribution in [0.15, 0.2) is 78.0 Å². The quantitative estimate of drug-likeness (QED) is 0.448. The maximum absolute atomic E-state index is 12.8. The van der Waals surface area contributed by atoms with Gasteiger partial charge in [0.2, 0.25) is 0 Å². The Morgan fingerprint density at radius 1 is 1.03 bits per heavy atom. The average Bonchev–Trinajstić information content (AvgIpc) is 3.27. The number of hydrogen-bond donors (Lipinski definition) is 1. The molecule has 1 aliphatic heterocycles. The van der Waals surface area contributed by atoms with E-state index in [4.69, 9.17) is 0 Å².